The molecule has 8 nitrogen and oxygen atoms in total. The summed E-state index contributed by atoms with van der Waals surface area (Å²) in [6.45, 7) is 4.95. The summed E-state index contributed by atoms with van der Waals surface area (Å²) in [5.74, 6) is 1.91. The van der Waals surface area contributed by atoms with E-state index in [1.165, 1.54) is 12.8 Å². The largest absolute Gasteiger partial charge is 0.472 e. The van der Waals surface area contributed by atoms with E-state index >= 15 is 0 Å². The zero-order chi connectivity index (χ0) is 24.2. The van der Waals surface area contributed by atoms with Crippen molar-refractivity contribution in [3.05, 3.63) is 64.6 Å². The van der Waals surface area contributed by atoms with Crippen LogP contribution >= 0.6 is 11.6 Å². The molecule has 0 bridgehead atoms. The maximum atomic E-state index is 13.2. The molecule has 9 heteroatoms. The molecular formula is C26H29ClN6O2. The summed E-state index contributed by atoms with van der Waals surface area (Å²) in [4.78, 5) is 31.0. The molecule has 0 atom stereocenters. The Labute approximate surface area is 210 Å². The monoisotopic (exact) mass is 492 g/mol. The van der Waals surface area contributed by atoms with Crippen LogP contribution in [0.15, 0.2) is 42.7 Å². The van der Waals surface area contributed by atoms with Gasteiger partial charge in [0.1, 0.15) is 12.4 Å². The van der Waals surface area contributed by atoms with Gasteiger partial charge in [0, 0.05) is 31.4 Å². The van der Waals surface area contributed by atoms with E-state index in [0.717, 1.165) is 55.0 Å². The van der Waals surface area contributed by atoms with E-state index < -0.39 is 0 Å². The van der Waals surface area contributed by atoms with E-state index in [1.54, 1.807) is 17.2 Å². The standard InChI is InChI=1S/C26H29ClN6O2/c1-18-7-9-20(27)22(14-18)30-26(34)33-13-3-2-6-21-25(33)31-24(16-28-21)35-17-19-8-10-23(29-15-19)32-11-4-5-12-32/h7-10,14-16H,2-6,11-13,17H2,1H3,(H,30,34). The maximum absolute atomic E-state index is 13.2. The van der Waals surface area contributed by atoms with Crippen molar-refractivity contribution in [2.45, 2.75) is 45.6 Å². The molecule has 35 heavy (non-hydrogen) atoms. The second-order valence-electron chi connectivity index (χ2n) is 9.01. The lowest BCUT2D eigenvalue weighted by Crippen LogP contribution is -2.36. The summed E-state index contributed by atoms with van der Waals surface area (Å²) in [6, 6.07) is 9.32. The summed E-state index contributed by atoms with van der Waals surface area (Å²) >= 11 is 6.29. The molecule has 2 amide bonds. The number of aryl methyl sites for hydroxylation is 2. The molecule has 0 radical (unpaired) electrons. The van der Waals surface area contributed by atoms with Crippen molar-refractivity contribution in [3.8, 4) is 5.88 Å². The first-order valence-corrected chi connectivity index (χ1v) is 12.5. The van der Waals surface area contributed by atoms with Crippen molar-refractivity contribution in [2.24, 2.45) is 0 Å². The predicted octanol–water partition coefficient (Wildman–Crippen LogP) is 5.39. The van der Waals surface area contributed by atoms with Gasteiger partial charge in [-0.25, -0.2) is 9.78 Å². The van der Waals surface area contributed by atoms with Crippen LogP contribution in [0.5, 0.6) is 5.88 Å². The number of rotatable bonds is 5. The number of halogens is 1. The quantitative estimate of drug-likeness (QED) is 0.514. The van der Waals surface area contributed by atoms with Gasteiger partial charge in [0.25, 0.3) is 0 Å². The number of carbonyl (C=O) groups excluding carboxylic acids is 1. The topological polar surface area (TPSA) is 83.5 Å². The summed E-state index contributed by atoms with van der Waals surface area (Å²) in [5.41, 5.74) is 3.33. The van der Waals surface area contributed by atoms with Gasteiger partial charge >= 0.3 is 6.03 Å². The van der Waals surface area contributed by atoms with Crippen molar-refractivity contribution in [1.82, 2.24) is 15.0 Å². The highest BCUT2D eigenvalue weighted by Crippen LogP contribution is 2.28. The van der Waals surface area contributed by atoms with E-state index in [2.05, 4.69) is 25.2 Å². The van der Waals surface area contributed by atoms with E-state index in [4.69, 9.17) is 16.3 Å². The van der Waals surface area contributed by atoms with Crippen LogP contribution in [-0.4, -0.2) is 40.6 Å². The number of pyridine rings is 1. The Balaban J connectivity index is 1.30. The van der Waals surface area contributed by atoms with Gasteiger partial charge in [-0.05, 0) is 62.8 Å². The van der Waals surface area contributed by atoms with Crippen molar-refractivity contribution >= 4 is 35.0 Å². The molecule has 1 N–H and O–H groups in total. The number of nitrogens with one attached hydrogen (secondary N) is 1. The van der Waals surface area contributed by atoms with Crippen molar-refractivity contribution in [3.63, 3.8) is 0 Å². The van der Waals surface area contributed by atoms with Gasteiger partial charge in [0.2, 0.25) is 5.88 Å². The van der Waals surface area contributed by atoms with E-state index in [-0.39, 0.29) is 6.03 Å². The smallest absolute Gasteiger partial charge is 0.327 e. The van der Waals surface area contributed by atoms with Crippen LogP contribution in [0.1, 0.15) is 42.5 Å². The van der Waals surface area contributed by atoms with E-state index in [9.17, 15) is 4.79 Å². The van der Waals surface area contributed by atoms with Crippen LogP contribution in [0.4, 0.5) is 22.1 Å². The van der Waals surface area contributed by atoms with E-state index in [1.807, 2.05) is 37.4 Å². The molecule has 0 unspecified atom stereocenters. The summed E-state index contributed by atoms with van der Waals surface area (Å²) in [6.07, 6.45) is 8.47. The first-order valence-electron chi connectivity index (χ1n) is 12.1. The molecule has 1 fully saturated rings. The molecule has 0 aliphatic carbocycles. The number of aromatic nitrogens is 3. The SMILES string of the molecule is Cc1ccc(Cl)c(NC(=O)N2CCCCc3ncc(OCc4ccc(N5CCCC5)nc4)nc32)c1. The number of hydrogen-bond acceptors (Lipinski definition) is 6. The Morgan fingerprint density at radius 3 is 2.69 bits per heavy atom. The molecule has 2 aliphatic heterocycles. The molecule has 1 saturated heterocycles. The van der Waals surface area contributed by atoms with Gasteiger partial charge in [0.05, 0.1) is 22.6 Å². The fourth-order valence-corrected chi connectivity index (χ4v) is 4.59. The summed E-state index contributed by atoms with van der Waals surface area (Å²) in [5, 5.41) is 3.42. The van der Waals surface area contributed by atoms with Gasteiger partial charge < -0.3 is 15.0 Å². The fraction of sp³-hybridized carbons (Fsp3) is 0.385. The highest BCUT2D eigenvalue weighted by Gasteiger charge is 2.25. The van der Waals surface area contributed by atoms with Crippen molar-refractivity contribution in [2.75, 3.05) is 34.8 Å². The Morgan fingerprint density at radius 2 is 1.89 bits per heavy atom. The van der Waals surface area contributed by atoms with Crippen LogP contribution in [-0.2, 0) is 13.0 Å². The lowest BCUT2D eigenvalue weighted by molar-refractivity contribution is 0.256. The Morgan fingerprint density at radius 1 is 1.06 bits per heavy atom. The van der Waals surface area contributed by atoms with E-state index in [0.29, 0.717) is 35.6 Å². The second-order valence-corrected chi connectivity index (χ2v) is 9.42. The van der Waals surface area contributed by atoms with Crippen LogP contribution in [0, 0.1) is 6.92 Å². The Kier molecular flexibility index (Phi) is 6.99. The predicted molar refractivity (Wildman–Crippen MR) is 138 cm³/mol. The molecule has 1 aromatic carbocycles. The fourth-order valence-electron chi connectivity index (χ4n) is 4.43. The number of amides is 2. The highest BCUT2D eigenvalue weighted by molar-refractivity contribution is 6.33. The Bertz CT molecular complexity index is 1200. The zero-order valence-corrected chi connectivity index (χ0v) is 20.6. The number of nitrogens with zero attached hydrogens (tertiary/aromatic N) is 5. The van der Waals surface area contributed by atoms with Gasteiger partial charge in [-0.15, -0.1) is 0 Å². The molecular weight excluding hydrogens is 464 g/mol. The molecule has 2 aliphatic rings. The Hall–Kier alpha value is -3.39. The van der Waals surface area contributed by atoms with Gasteiger partial charge in [-0.3, -0.25) is 9.88 Å². The number of anilines is 3. The average Bonchev–Trinajstić information content (AvgIpc) is 3.32. The minimum absolute atomic E-state index is 0.284. The van der Waals surface area contributed by atoms with Gasteiger partial charge in [-0.1, -0.05) is 23.7 Å². The second kappa shape index (κ2) is 10.5. The van der Waals surface area contributed by atoms with Gasteiger partial charge in [-0.2, -0.15) is 4.98 Å². The van der Waals surface area contributed by atoms with Crippen LogP contribution in [0.3, 0.4) is 0 Å². The lowest BCUT2D eigenvalue weighted by Gasteiger charge is -2.22. The third-order valence-corrected chi connectivity index (χ3v) is 6.67. The number of hydrogen-bond donors (Lipinski definition) is 1. The lowest BCUT2D eigenvalue weighted by atomic mass is 10.2. The van der Waals surface area contributed by atoms with Gasteiger partial charge in [0.15, 0.2) is 5.82 Å². The summed E-state index contributed by atoms with van der Waals surface area (Å²) < 4.78 is 5.94. The number of fused-ring (bicyclic) bond motifs is 1. The average molecular weight is 493 g/mol. The van der Waals surface area contributed by atoms with Crippen LogP contribution in [0.25, 0.3) is 0 Å². The molecule has 5 rings (SSSR count). The van der Waals surface area contributed by atoms with Crippen molar-refractivity contribution < 1.29 is 9.53 Å². The number of urea groups is 1. The first kappa shape index (κ1) is 23.4. The third kappa shape index (κ3) is 5.48. The molecule has 2 aromatic heterocycles. The molecule has 3 aromatic rings. The molecule has 0 spiro atoms. The molecule has 0 saturated carbocycles. The minimum Gasteiger partial charge on any atom is -0.472 e. The van der Waals surface area contributed by atoms with Crippen LogP contribution in [0.2, 0.25) is 5.02 Å². The third-order valence-electron chi connectivity index (χ3n) is 6.34. The maximum Gasteiger partial charge on any atom is 0.327 e. The highest BCUT2D eigenvalue weighted by atomic mass is 35.5. The summed E-state index contributed by atoms with van der Waals surface area (Å²) in [7, 11) is 0. The number of carbonyl (C=O) groups is 1. The zero-order valence-electron chi connectivity index (χ0n) is 19.8. The minimum atomic E-state index is -0.284. The first-order chi connectivity index (χ1) is 17.1. The molecule has 182 valence electrons. The number of ether oxygens (including phenoxy) is 1. The molecule has 4 heterocycles. The van der Waals surface area contributed by atoms with Crippen LogP contribution < -0.4 is 19.9 Å². The normalized spacial score (nSPS) is 15.5. The van der Waals surface area contributed by atoms with Crippen molar-refractivity contribution in [1.29, 1.82) is 0 Å². The number of benzene rings is 1.